The zero-order chi connectivity index (χ0) is 21.4. The second-order valence-corrected chi connectivity index (χ2v) is 7.44. The predicted octanol–water partition coefficient (Wildman–Crippen LogP) is 4.74. The van der Waals surface area contributed by atoms with Crippen molar-refractivity contribution < 1.29 is 19.1 Å². The van der Waals surface area contributed by atoms with E-state index in [2.05, 4.69) is 27.9 Å². The lowest BCUT2D eigenvalue weighted by Gasteiger charge is -2.09. The average molecular weight is 525 g/mol. The van der Waals surface area contributed by atoms with E-state index in [1.807, 2.05) is 13.0 Å². The second-order valence-electron chi connectivity index (χ2n) is 5.87. The number of nitrogens with zero attached hydrogens (tertiary/aromatic N) is 1. The van der Waals surface area contributed by atoms with Crippen LogP contribution in [-0.4, -0.2) is 25.1 Å². The third kappa shape index (κ3) is 6.76. The molecule has 1 amide bonds. The van der Waals surface area contributed by atoms with Gasteiger partial charge in [-0.25, -0.2) is 4.79 Å². The topological polar surface area (TPSA) is 88.4 Å². The van der Waals surface area contributed by atoms with Gasteiger partial charge in [0, 0.05) is 10.7 Å². The number of benzene rings is 2. The van der Waals surface area contributed by atoms with Crippen LogP contribution >= 0.6 is 34.2 Å². The number of carbonyl (C=O) groups is 2. The van der Waals surface area contributed by atoms with Crippen molar-refractivity contribution in [2.45, 2.75) is 13.8 Å². The molecule has 0 aliphatic heterocycles. The van der Waals surface area contributed by atoms with Gasteiger partial charge >= 0.3 is 5.97 Å². The molecular formula is C21H18ClIN2O4. The Labute approximate surface area is 187 Å². The summed E-state index contributed by atoms with van der Waals surface area (Å²) < 4.78 is 11.0. The largest absolute Gasteiger partial charge is 0.481 e. The zero-order valence-corrected chi connectivity index (χ0v) is 18.7. The number of rotatable bonds is 7. The van der Waals surface area contributed by atoms with Gasteiger partial charge in [0.1, 0.15) is 17.4 Å². The molecular weight excluding hydrogens is 507 g/mol. The fourth-order valence-electron chi connectivity index (χ4n) is 2.25. The maximum absolute atomic E-state index is 12.4. The Hall–Kier alpha value is -2.57. The molecule has 0 heterocycles. The summed E-state index contributed by atoms with van der Waals surface area (Å²) in [6, 6.07) is 12.1. The van der Waals surface area contributed by atoms with Gasteiger partial charge in [0.25, 0.3) is 5.91 Å². The first-order valence-electron chi connectivity index (χ1n) is 8.61. The number of ether oxygens (including phenoxy) is 2. The van der Waals surface area contributed by atoms with Crippen LogP contribution in [0.3, 0.4) is 0 Å². The standard InChI is InChI=1S/C21H18ClIN2O4/c1-3-28-20(26)12-29-19-7-5-14(9-18(19)23)8-15(11-24)21(27)25-16-6-4-13(2)17(22)10-16/h4-10H,3,12H2,1-2H3,(H,25,27)/b15-8-. The number of hydrogen-bond acceptors (Lipinski definition) is 5. The second kappa shape index (κ2) is 10.8. The van der Waals surface area contributed by atoms with Crippen molar-refractivity contribution in [3.05, 3.63) is 61.7 Å². The van der Waals surface area contributed by atoms with Crippen molar-refractivity contribution in [1.29, 1.82) is 5.26 Å². The normalized spacial score (nSPS) is 10.8. The van der Waals surface area contributed by atoms with Crippen molar-refractivity contribution in [1.82, 2.24) is 0 Å². The maximum atomic E-state index is 12.4. The number of hydrogen-bond donors (Lipinski definition) is 1. The lowest BCUT2D eigenvalue weighted by atomic mass is 10.1. The summed E-state index contributed by atoms with van der Waals surface area (Å²) in [4.78, 5) is 23.8. The van der Waals surface area contributed by atoms with E-state index in [-0.39, 0.29) is 18.8 Å². The van der Waals surface area contributed by atoms with E-state index in [4.69, 9.17) is 21.1 Å². The van der Waals surface area contributed by atoms with E-state index in [1.54, 1.807) is 43.3 Å². The number of esters is 1. The van der Waals surface area contributed by atoms with Crippen molar-refractivity contribution in [3.63, 3.8) is 0 Å². The maximum Gasteiger partial charge on any atom is 0.344 e. The molecule has 0 radical (unpaired) electrons. The van der Waals surface area contributed by atoms with Crippen LogP contribution in [0, 0.1) is 21.8 Å². The van der Waals surface area contributed by atoms with E-state index in [9.17, 15) is 14.9 Å². The summed E-state index contributed by atoms with van der Waals surface area (Å²) in [6.45, 7) is 3.68. The first kappa shape index (κ1) is 22.7. The molecule has 0 unspecified atom stereocenters. The summed E-state index contributed by atoms with van der Waals surface area (Å²) in [7, 11) is 0. The molecule has 6 nitrogen and oxygen atoms in total. The summed E-state index contributed by atoms with van der Waals surface area (Å²) in [5.41, 5.74) is 1.98. The Morgan fingerprint density at radius 3 is 2.66 bits per heavy atom. The summed E-state index contributed by atoms with van der Waals surface area (Å²) >= 11 is 8.11. The molecule has 0 spiro atoms. The van der Waals surface area contributed by atoms with Crippen LogP contribution < -0.4 is 10.1 Å². The molecule has 0 saturated heterocycles. The molecule has 2 aromatic rings. The Morgan fingerprint density at radius 1 is 1.28 bits per heavy atom. The highest BCUT2D eigenvalue weighted by Gasteiger charge is 2.12. The van der Waals surface area contributed by atoms with Crippen molar-refractivity contribution in [2.24, 2.45) is 0 Å². The Morgan fingerprint density at radius 2 is 2.03 bits per heavy atom. The monoisotopic (exact) mass is 524 g/mol. The number of carbonyl (C=O) groups excluding carboxylic acids is 2. The molecule has 150 valence electrons. The molecule has 29 heavy (non-hydrogen) atoms. The number of anilines is 1. The van der Waals surface area contributed by atoms with E-state index in [0.29, 0.717) is 22.0 Å². The van der Waals surface area contributed by atoms with Gasteiger partial charge in [0.05, 0.1) is 10.2 Å². The Balaban J connectivity index is 2.12. The highest BCUT2D eigenvalue weighted by atomic mass is 127. The highest BCUT2D eigenvalue weighted by Crippen LogP contribution is 2.24. The number of amides is 1. The number of halogens is 2. The predicted molar refractivity (Wildman–Crippen MR) is 120 cm³/mol. The fraction of sp³-hybridized carbons (Fsp3) is 0.190. The lowest BCUT2D eigenvalue weighted by Crippen LogP contribution is -2.15. The van der Waals surface area contributed by atoms with Crippen molar-refractivity contribution in [3.8, 4) is 11.8 Å². The smallest absolute Gasteiger partial charge is 0.344 e. The van der Waals surface area contributed by atoms with E-state index < -0.39 is 11.9 Å². The Kier molecular flexibility index (Phi) is 8.49. The molecule has 0 bridgehead atoms. The molecule has 0 atom stereocenters. The molecule has 2 aromatic carbocycles. The molecule has 0 aromatic heterocycles. The fourth-order valence-corrected chi connectivity index (χ4v) is 3.12. The first-order chi connectivity index (χ1) is 13.8. The van der Waals surface area contributed by atoms with Crippen LogP contribution in [0.2, 0.25) is 5.02 Å². The molecule has 2 rings (SSSR count). The summed E-state index contributed by atoms with van der Waals surface area (Å²) in [6.07, 6.45) is 1.47. The molecule has 0 fully saturated rings. The minimum Gasteiger partial charge on any atom is -0.481 e. The van der Waals surface area contributed by atoms with Crippen molar-refractivity contribution in [2.75, 3.05) is 18.5 Å². The quantitative estimate of drug-likeness (QED) is 0.245. The third-order valence-electron chi connectivity index (χ3n) is 3.71. The van der Waals surface area contributed by atoms with Gasteiger partial charge in [-0.3, -0.25) is 4.79 Å². The van der Waals surface area contributed by atoms with Crippen LogP contribution in [-0.2, 0) is 14.3 Å². The van der Waals surface area contributed by atoms with E-state index >= 15 is 0 Å². The number of nitriles is 1. The molecule has 1 N–H and O–H groups in total. The van der Waals surface area contributed by atoms with Crippen LogP contribution in [0.5, 0.6) is 5.75 Å². The van der Waals surface area contributed by atoms with Crippen LogP contribution in [0.1, 0.15) is 18.1 Å². The third-order valence-corrected chi connectivity index (χ3v) is 4.96. The zero-order valence-electron chi connectivity index (χ0n) is 15.8. The lowest BCUT2D eigenvalue weighted by molar-refractivity contribution is -0.145. The van der Waals surface area contributed by atoms with Gasteiger partial charge in [-0.2, -0.15) is 5.26 Å². The van der Waals surface area contributed by atoms with Gasteiger partial charge in [0.15, 0.2) is 6.61 Å². The van der Waals surface area contributed by atoms with Crippen LogP contribution in [0.15, 0.2) is 42.0 Å². The van der Waals surface area contributed by atoms with Crippen LogP contribution in [0.4, 0.5) is 5.69 Å². The number of aryl methyl sites for hydroxylation is 1. The first-order valence-corrected chi connectivity index (χ1v) is 10.1. The Bertz CT molecular complexity index is 999. The molecule has 0 aliphatic rings. The van der Waals surface area contributed by atoms with Gasteiger partial charge in [-0.05, 0) is 77.9 Å². The SMILES string of the molecule is CCOC(=O)COc1ccc(/C=C(/C#N)C(=O)Nc2ccc(C)c(Cl)c2)cc1I. The number of nitrogens with one attached hydrogen (secondary N) is 1. The van der Waals surface area contributed by atoms with Crippen LogP contribution in [0.25, 0.3) is 6.08 Å². The minimum atomic E-state index is -0.537. The average Bonchev–Trinajstić information content (AvgIpc) is 2.68. The van der Waals surface area contributed by atoms with Gasteiger partial charge in [-0.15, -0.1) is 0 Å². The highest BCUT2D eigenvalue weighted by molar-refractivity contribution is 14.1. The van der Waals surface area contributed by atoms with E-state index in [0.717, 1.165) is 9.13 Å². The molecule has 0 saturated carbocycles. The van der Waals surface area contributed by atoms with Crippen molar-refractivity contribution >= 4 is 57.8 Å². The summed E-state index contributed by atoms with van der Waals surface area (Å²) in [5, 5.41) is 12.6. The molecule has 8 heteroatoms. The summed E-state index contributed by atoms with van der Waals surface area (Å²) in [5.74, 6) is -0.481. The van der Waals surface area contributed by atoms with Gasteiger partial charge < -0.3 is 14.8 Å². The van der Waals surface area contributed by atoms with E-state index in [1.165, 1.54) is 6.08 Å². The molecule has 0 aliphatic carbocycles. The van der Waals surface area contributed by atoms with Gasteiger partial charge in [-0.1, -0.05) is 23.7 Å². The van der Waals surface area contributed by atoms with Gasteiger partial charge in [0.2, 0.25) is 0 Å². The minimum absolute atomic E-state index is 0.0577.